The molecule has 5 nitrogen and oxygen atoms in total. The Hall–Kier alpha value is -2.92. The number of carbonyl (C=O) groups is 3. The third-order valence-corrected chi connectivity index (χ3v) is 7.20. The van der Waals surface area contributed by atoms with Gasteiger partial charge >= 0.3 is 0 Å². The molecule has 2 aromatic rings. The Labute approximate surface area is 179 Å². The summed E-state index contributed by atoms with van der Waals surface area (Å²) in [7, 11) is 0. The molecule has 1 saturated carbocycles. The number of hydrogen-bond donors (Lipinski definition) is 1. The molecule has 0 aromatic heterocycles. The van der Waals surface area contributed by atoms with Crippen molar-refractivity contribution in [3.63, 3.8) is 0 Å². The molecule has 0 unspecified atom stereocenters. The minimum atomic E-state index is -0.383. The highest BCUT2D eigenvalue weighted by atomic mass is 35.5. The van der Waals surface area contributed by atoms with E-state index in [9.17, 15) is 14.4 Å². The predicted octanol–water partition coefficient (Wildman–Crippen LogP) is 4.60. The van der Waals surface area contributed by atoms with Crippen molar-refractivity contribution < 1.29 is 14.4 Å². The third-order valence-electron chi connectivity index (χ3n) is 6.79. The second-order valence-electron chi connectivity index (χ2n) is 8.36. The van der Waals surface area contributed by atoms with Gasteiger partial charge in [0.05, 0.1) is 23.1 Å². The number of hydrogen-bond acceptors (Lipinski definition) is 3. The Morgan fingerprint density at radius 2 is 1.77 bits per heavy atom. The zero-order chi connectivity index (χ0) is 21.2. The summed E-state index contributed by atoms with van der Waals surface area (Å²) in [5, 5.41) is 3.42. The zero-order valence-corrected chi connectivity index (χ0v) is 17.4. The molecule has 2 aromatic carbocycles. The van der Waals surface area contributed by atoms with Crippen molar-refractivity contribution in [2.45, 2.75) is 20.3 Å². The molecule has 5 rings (SSSR count). The van der Waals surface area contributed by atoms with Crippen LogP contribution in [-0.2, 0) is 9.59 Å². The summed E-state index contributed by atoms with van der Waals surface area (Å²) in [6.07, 6.45) is 3.02. The summed E-state index contributed by atoms with van der Waals surface area (Å²) in [4.78, 5) is 40.9. The smallest absolute Gasteiger partial charge is 0.257 e. The Balaban J connectivity index is 1.49. The third kappa shape index (κ3) is 2.65. The molecule has 1 heterocycles. The molecule has 3 aliphatic rings. The minimum Gasteiger partial charge on any atom is -0.322 e. The van der Waals surface area contributed by atoms with Crippen molar-refractivity contribution in [3.05, 3.63) is 70.3 Å². The molecule has 4 atom stereocenters. The fourth-order valence-corrected chi connectivity index (χ4v) is 5.48. The number of fused-ring (bicyclic) bond motifs is 5. The number of amides is 3. The van der Waals surface area contributed by atoms with E-state index in [1.807, 2.05) is 13.8 Å². The summed E-state index contributed by atoms with van der Waals surface area (Å²) in [5.41, 5.74) is 3.18. The van der Waals surface area contributed by atoms with Crippen molar-refractivity contribution in [2.75, 3.05) is 10.2 Å². The van der Waals surface area contributed by atoms with Crippen LogP contribution in [0.25, 0.3) is 0 Å². The van der Waals surface area contributed by atoms with E-state index in [2.05, 4.69) is 11.4 Å². The quantitative estimate of drug-likeness (QED) is 0.582. The number of rotatable bonds is 3. The molecule has 1 N–H and O–H groups in total. The van der Waals surface area contributed by atoms with Gasteiger partial charge in [0.15, 0.2) is 0 Å². The van der Waals surface area contributed by atoms with Crippen LogP contribution >= 0.6 is 11.6 Å². The summed E-state index contributed by atoms with van der Waals surface area (Å²) in [6.45, 7) is 3.86. The van der Waals surface area contributed by atoms with Crippen molar-refractivity contribution in [1.82, 2.24) is 0 Å². The van der Waals surface area contributed by atoms with E-state index < -0.39 is 0 Å². The first-order valence-electron chi connectivity index (χ1n) is 10.1. The maximum Gasteiger partial charge on any atom is 0.257 e. The molecule has 2 aliphatic carbocycles. The maximum absolute atomic E-state index is 13.3. The fraction of sp³-hybridized carbons (Fsp3) is 0.292. The SMILES string of the molecule is CC1=C[C@H]2C[C@H]1[C@H]1C(=O)N(c3ccccc3C(=O)Nc3cccc(Cl)c3C)C(=O)[C@@H]12. The van der Waals surface area contributed by atoms with Crippen LogP contribution in [0.4, 0.5) is 11.4 Å². The Kier molecular flexibility index (Phi) is 4.33. The van der Waals surface area contributed by atoms with E-state index in [1.165, 1.54) is 10.5 Å². The first-order valence-corrected chi connectivity index (χ1v) is 10.5. The van der Waals surface area contributed by atoms with E-state index in [1.54, 1.807) is 42.5 Å². The fourth-order valence-electron chi connectivity index (χ4n) is 5.30. The first-order chi connectivity index (χ1) is 14.4. The maximum atomic E-state index is 13.3. The average Bonchev–Trinajstić information content (AvgIpc) is 3.36. The van der Waals surface area contributed by atoms with Gasteiger partial charge < -0.3 is 5.32 Å². The summed E-state index contributed by atoms with van der Waals surface area (Å²) in [6, 6.07) is 12.1. The molecular formula is C24H21ClN2O3. The number of nitrogens with one attached hydrogen (secondary N) is 1. The molecule has 152 valence electrons. The Morgan fingerprint density at radius 3 is 2.57 bits per heavy atom. The standard InChI is InChI=1S/C24H21ClN2O3/c1-12-10-14-11-16(12)21-20(14)23(29)27(24(21)30)19-9-4-3-6-15(19)22(28)26-18-8-5-7-17(25)13(18)2/h3-10,14,16,20-21H,11H2,1-2H3,(H,26,28)/t14-,16+,20+,21+/m0/s1. The van der Waals surface area contributed by atoms with E-state index in [-0.39, 0.29) is 47.0 Å². The topological polar surface area (TPSA) is 66.5 Å². The molecule has 30 heavy (non-hydrogen) atoms. The molecule has 0 radical (unpaired) electrons. The summed E-state index contributed by atoms with van der Waals surface area (Å²) < 4.78 is 0. The first kappa shape index (κ1) is 19.1. The number of carbonyl (C=O) groups excluding carboxylic acids is 3. The molecular weight excluding hydrogens is 400 g/mol. The van der Waals surface area contributed by atoms with Gasteiger partial charge in [-0.05, 0) is 61.9 Å². The number of halogens is 1. The summed E-state index contributed by atoms with van der Waals surface area (Å²) >= 11 is 6.16. The largest absolute Gasteiger partial charge is 0.322 e. The number of imide groups is 1. The van der Waals surface area contributed by atoms with Crippen LogP contribution in [0.3, 0.4) is 0 Å². The van der Waals surface area contributed by atoms with Crippen molar-refractivity contribution in [2.24, 2.45) is 23.7 Å². The predicted molar refractivity (Wildman–Crippen MR) is 115 cm³/mol. The highest BCUT2D eigenvalue weighted by Crippen LogP contribution is 2.56. The van der Waals surface area contributed by atoms with Crippen LogP contribution in [0.5, 0.6) is 0 Å². The van der Waals surface area contributed by atoms with E-state index in [4.69, 9.17) is 11.6 Å². The van der Waals surface area contributed by atoms with E-state index >= 15 is 0 Å². The normalized spacial score (nSPS) is 26.8. The highest BCUT2D eigenvalue weighted by Gasteiger charge is 2.61. The lowest BCUT2D eigenvalue weighted by molar-refractivity contribution is -0.123. The van der Waals surface area contributed by atoms with Crippen LogP contribution in [0.1, 0.15) is 29.3 Å². The van der Waals surface area contributed by atoms with Gasteiger partial charge in [-0.3, -0.25) is 14.4 Å². The molecule has 3 amide bonds. The van der Waals surface area contributed by atoms with Crippen LogP contribution in [-0.4, -0.2) is 17.7 Å². The Bertz CT molecular complexity index is 1140. The van der Waals surface area contributed by atoms with Gasteiger partial charge in [-0.1, -0.05) is 41.4 Å². The second kappa shape index (κ2) is 6.81. The van der Waals surface area contributed by atoms with Gasteiger partial charge in [-0.15, -0.1) is 0 Å². The van der Waals surface area contributed by atoms with Gasteiger partial charge in [-0.25, -0.2) is 4.90 Å². The summed E-state index contributed by atoms with van der Waals surface area (Å²) in [5.74, 6) is -1.13. The van der Waals surface area contributed by atoms with E-state index in [0.717, 1.165) is 12.0 Å². The van der Waals surface area contributed by atoms with Gasteiger partial charge in [0, 0.05) is 10.7 Å². The second-order valence-corrected chi connectivity index (χ2v) is 8.77. The monoisotopic (exact) mass is 420 g/mol. The minimum absolute atomic E-state index is 0.122. The lowest BCUT2D eigenvalue weighted by atomic mass is 9.82. The van der Waals surface area contributed by atoms with Gasteiger partial charge in [0.25, 0.3) is 5.91 Å². The van der Waals surface area contributed by atoms with E-state index in [0.29, 0.717) is 16.4 Å². The molecule has 2 fully saturated rings. The van der Waals surface area contributed by atoms with Gasteiger partial charge in [0.1, 0.15) is 0 Å². The van der Waals surface area contributed by atoms with Crippen molar-refractivity contribution in [1.29, 1.82) is 0 Å². The zero-order valence-electron chi connectivity index (χ0n) is 16.7. The van der Waals surface area contributed by atoms with Crippen LogP contribution in [0, 0.1) is 30.6 Å². The molecule has 2 bridgehead atoms. The number of para-hydroxylation sites is 1. The van der Waals surface area contributed by atoms with Crippen LogP contribution < -0.4 is 10.2 Å². The molecule has 1 aliphatic heterocycles. The van der Waals surface area contributed by atoms with Gasteiger partial charge in [-0.2, -0.15) is 0 Å². The number of benzene rings is 2. The van der Waals surface area contributed by atoms with Gasteiger partial charge in [0.2, 0.25) is 11.8 Å². The van der Waals surface area contributed by atoms with Crippen LogP contribution in [0.15, 0.2) is 54.1 Å². The van der Waals surface area contributed by atoms with Crippen molar-refractivity contribution >= 4 is 40.7 Å². The molecule has 1 saturated heterocycles. The lowest BCUT2D eigenvalue weighted by Gasteiger charge is -2.21. The number of allylic oxidation sites excluding steroid dienone is 2. The number of anilines is 2. The molecule has 0 spiro atoms. The van der Waals surface area contributed by atoms with Crippen LogP contribution in [0.2, 0.25) is 5.02 Å². The lowest BCUT2D eigenvalue weighted by Crippen LogP contribution is -2.34. The number of nitrogens with zero attached hydrogens (tertiary/aromatic N) is 1. The molecule has 6 heteroatoms. The van der Waals surface area contributed by atoms with Crippen molar-refractivity contribution in [3.8, 4) is 0 Å². The highest BCUT2D eigenvalue weighted by molar-refractivity contribution is 6.32. The average molecular weight is 421 g/mol. The Morgan fingerprint density at radius 1 is 1.03 bits per heavy atom.